The number of ether oxygens (including phenoxy) is 2. The third kappa shape index (κ3) is 3.99. The average molecular weight is 334 g/mol. The summed E-state index contributed by atoms with van der Waals surface area (Å²) >= 11 is 0. The number of rotatable bonds is 5. The molecule has 0 aromatic heterocycles. The minimum Gasteiger partial charge on any atom is -0.497 e. The lowest BCUT2D eigenvalue weighted by Gasteiger charge is -2.36. The van der Waals surface area contributed by atoms with Crippen molar-refractivity contribution in [2.24, 2.45) is 5.92 Å². The Morgan fingerprint density at radius 3 is 1.96 bits per heavy atom. The van der Waals surface area contributed by atoms with Crippen molar-refractivity contribution in [3.8, 4) is 11.5 Å². The van der Waals surface area contributed by atoms with Gasteiger partial charge in [0.25, 0.3) is 5.91 Å². The smallest absolute Gasteiger partial charge is 0.254 e. The standard InChI is InChI=1S/C18H26N2O4/c1-5-13(2)17(21)19-6-8-20(9-7-19)18(22)14-10-15(23-3)12-16(11-14)24-4/h10-13H,5-9H2,1-4H3. The van der Waals surface area contributed by atoms with E-state index in [0.29, 0.717) is 43.2 Å². The first-order chi connectivity index (χ1) is 11.5. The van der Waals surface area contributed by atoms with Gasteiger partial charge in [0.2, 0.25) is 5.91 Å². The molecule has 2 amide bonds. The van der Waals surface area contributed by atoms with Gasteiger partial charge in [0.1, 0.15) is 11.5 Å². The molecule has 1 unspecified atom stereocenters. The first-order valence-corrected chi connectivity index (χ1v) is 8.31. The third-order valence-electron chi connectivity index (χ3n) is 4.51. The van der Waals surface area contributed by atoms with E-state index in [1.54, 1.807) is 37.3 Å². The van der Waals surface area contributed by atoms with Gasteiger partial charge in [-0.1, -0.05) is 13.8 Å². The predicted molar refractivity (Wildman–Crippen MR) is 91.5 cm³/mol. The maximum Gasteiger partial charge on any atom is 0.254 e. The summed E-state index contributed by atoms with van der Waals surface area (Å²) in [6, 6.07) is 5.16. The molecule has 1 aromatic rings. The Hall–Kier alpha value is -2.24. The second-order valence-electron chi connectivity index (χ2n) is 6.03. The van der Waals surface area contributed by atoms with Crippen LogP contribution in [0.4, 0.5) is 0 Å². The van der Waals surface area contributed by atoms with Crippen LogP contribution in [0, 0.1) is 5.92 Å². The van der Waals surface area contributed by atoms with Crippen molar-refractivity contribution < 1.29 is 19.1 Å². The van der Waals surface area contributed by atoms with Gasteiger partial charge in [-0.15, -0.1) is 0 Å². The van der Waals surface area contributed by atoms with Crippen LogP contribution in [0.3, 0.4) is 0 Å². The Kier molecular flexibility index (Phi) is 6.06. The van der Waals surface area contributed by atoms with E-state index in [4.69, 9.17) is 9.47 Å². The molecule has 0 aliphatic carbocycles. The molecule has 24 heavy (non-hydrogen) atoms. The molecule has 1 aromatic carbocycles. The summed E-state index contributed by atoms with van der Waals surface area (Å²) < 4.78 is 10.4. The SMILES string of the molecule is CCC(C)C(=O)N1CCN(C(=O)c2cc(OC)cc(OC)c2)CC1. The van der Waals surface area contributed by atoms with Gasteiger partial charge < -0.3 is 19.3 Å². The van der Waals surface area contributed by atoms with Gasteiger partial charge in [-0.25, -0.2) is 0 Å². The summed E-state index contributed by atoms with van der Waals surface area (Å²) in [6.45, 7) is 6.20. The van der Waals surface area contributed by atoms with Gasteiger partial charge in [0.15, 0.2) is 0 Å². The van der Waals surface area contributed by atoms with Crippen LogP contribution in [0.2, 0.25) is 0 Å². The van der Waals surface area contributed by atoms with Gasteiger partial charge >= 0.3 is 0 Å². The fraction of sp³-hybridized carbons (Fsp3) is 0.556. The van der Waals surface area contributed by atoms with E-state index in [9.17, 15) is 9.59 Å². The number of carbonyl (C=O) groups is 2. The molecular formula is C18H26N2O4. The summed E-state index contributed by atoms with van der Waals surface area (Å²) in [4.78, 5) is 28.6. The van der Waals surface area contributed by atoms with E-state index in [-0.39, 0.29) is 17.7 Å². The normalized spacial score (nSPS) is 15.8. The van der Waals surface area contributed by atoms with E-state index in [1.807, 2.05) is 18.7 Å². The van der Waals surface area contributed by atoms with Crippen LogP contribution < -0.4 is 9.47 Å². The first kappa shape index (κ1) is 18.1. The number of amides is 2. The highest BCUT2D eigenvalue weighted by Crippen LogP contribution is 2.24. The molecule has 6 nitrogen and oxygen atoms in total. The maximum absolute atomic E-state index is 12.7. The Labute approximate surface area is 143 Å². The highest BCUT2D eigenvalue weighted by atomic mass is 16.5. The molecule has 1 fully saturated rings. The van der Waals surface area contributed by atoms with Crippen molar-refractivity contribution in [3.05, 3.63) is 23.8 Å². The number of hydrogen-bond acceptors (Lipinski definition) is 4. The van der Waals surface area contributed by atoms with Crippen LogP contribution in [0.1, 0.15) is 30.6 Å². The lowest BCUT2D eigenvalue weighted by molar-refractivity contribution is -0.136. The molecule has 0 saturated carbocycles. The van der Waals surface area contributed by atoms with Crippen molar-refractivity contribution in [1.29, 1.82) is 0 Å². The second kappa shape index (κ2) is 8.04. The highest BCUT2D eigenvalue weighted by Gasteiger charge is 2.27. The van der Waals surface area contributed by atoms with Crippen molar-refractivity contribution >= 4 is 11.8 Å². The van der Waals surface area contributed by atoms with Crippen molar-refractivity contribution in [2.75, 3.05) is 40.4 Å². The minimum absolute atomic E-state index is 0.0369. The van der Waals surface area contributed by atoms with Crippen LogP contribution >= 0.6 is 0 Å². The Balaban J connectivity index is 2.04. The zero-order valence-corrected chi connectivity index (χ0v) is 14.9. The number of benzene rings is 1. The molecule has 0 N–H and O–H groups in total. The number of piperazine rings is 1. The van der Waals surface area contributed by atoms with E-state index in [1.165, 1.54) is 0 Å². The molecule has 1 aliphatic heterocycles. The minimum atomic E-state index is -0.0668. The highest BCUT2D eigenvalue weighted by molar-refractivity contribution is 5.95. The fourth-order valence-electron chi connectivity index (χ4n) is 2.73. The van der Waals surface area contributed by atoms with Crippen LogP contribution in [0.15, 0.2) is 18.2 Å². The Morgan fingerprint density at radius 1 is 1.00 bits per heavy atom. The average Bonchev–Trinajstić information content (AvgIpc) is 2.65. The Bertz CT molecular complexity index is 572. The van der Waals surface area contributed by atoms with Gasteiger partial charge in [0, 0.05) is 43.7 Å². The molecule has 1 heterocycles. The van der Waals surface area contributed by atoms with Gasteiger partial charge in [-0.3, -0.25) is 9.59 Å². The monoisotopic (exact) mass is 334 g/mol. The largest absolute Gasteiger partial charge is 0.497 e. The van der Waals surface area contributed by atoms with E-state index in [2.05, 4.69) is 0 Å². The lowest BCUT2D eigenvalue weighted by atomic mass is 10.1. The topological polar surface area (TPSA) is 59.1 Å². The van der Waals surface area contributed by atoms with Crippen molar-refractivity contribution in [1.82, 2.24) is 9.80 Å². The van der Waals surface area contributed by atoms with E-state index in [0.717, 1.165) is 6.42 Å². The van der Waals surface area contributed by atoms with Gasteiger partial charge in [0.05, 0.1) is 14.2 Å². The zero-order valence-electron chi connectivity index (χ0n) is 14.9. The number of carbonyl (C=O) groups excluding carboxylic acids is 2. The zero-order chi connectivity index (χ0) is 17.7. The summed E-state index contributed by atoms with van der Waals surface area (Å²) in [6.07, 6.45) is 0.835. The first-order valence-electron chi connectivity index (χ1n) is 8.31. The second-order valence-corrected chi connectivity index (χ2v) is 6.03. The predicted octanol–water partition coefficient (Wildman–Crippen LogP) is 2.03. The van der Waals surface area contributed by atoms with Crippen molar-refractivity contribution in [3.63, 3.8) is 0 Å². The number of hydrogen-bond donors (Lipinski definition) is 0. The quantitative estimate of drug-likeness (QED) is 0.827. The molecule has 132 valence electrons. The fourth-order valence-corrected chi connectivity index (χ4v) is 2.73. The molecule has 6 heteroatoms. The molecule has 2 rings (SSSR count). The summed E-state index contributed by atoms with van der Waals surface area (Å²) in [5.41, 5.74) is 0.535. The van der Waals surface area contributed by atoms with E-state index < -0.39 is 0 Å². The molecule has 0 spiro atoms. The van der Waals surface area contributed by atoms with Gasteiger partial charge in [-0.2, -0.15) is 0 Å². The van der Waals surface area contributed by atoms with Crippen LogP contribution in [0.25, 0.3) is 0 Å². The summed E-state index contributed by atoms with van der Waals surface area (Å²) in [5.74, 6) is 1.32. The molecule has 1 saturated heterocycles. The third-order valence-corrected chi connectivity index (χ3v) is 4.51. The van der Waals surface area contributed by atoms with Gasteiger partial charge in [-0.05, 0) is 18.6 Å². The summed E-state index contributed by atoms with van der Waals surface area (Å²) in [5, 5.41) is 0. The van der Waals surface area contributed by atoms with Crippen molar-refractivity contribution in [2.45, 2.75) is 20.3 Å². The van der Waals surface area contributed by atoms with Crippen LogP contribution in [0.5, 0.6) is 11.5 Å². The van der Waals surface area contributed by atoms with Crippen LogP contribution in [-0.4, -0.2) is 62.0 Å². The molecule has 1 aliphatic rings. The maximum atomic E-state index is 12.7. The number of nitrogens with zero attached hydrogens (tertiary/aromatic N) is 2. The Morgan fingerprint density at radius 2 is 1.50 bits per heavy atom. The number of methoxy groups -OCH3 is 2. The molecule has 0 radical (unpaired) electrons. The molecular weight excluding hydrogens is 308 g/mol. The molecule has 0 bridgehead atoms. The lowest BCUT2D eigenvalue weighted by Crippen LogP contribution is -2.51. The van der Waals surface area contributed by atoms with E-state index >= 15 is 0 Å². The summed E-state index contributed by atoms with van der Waals surface area (Å²) in [7, 11) is 3.12. The van der Waals surface area contributed by atoms with Crippen LogP contribution in [-0.2, 0) is 4.79 Å². The molecule has 1 atom stereocenters.